The maximum absolute atomic E-state index is 14.4. The lowest BCUT2D eigenvalue weighted by atomic mass is 10.0. The molecule has 236 valence electrons. The average Bonchev–Trinajstić information content (AvgIpc) is 2.99. The molecule has 45 heavy (non-hydrogen) atoms. The van der Waals surface area contributed by atoms with Crippen LogP contribution in [0.2, 0.25) is 10.0 Å². The molecule has 0 unspecified atom stereocenters. The number of nitrogens with one attached hydrogen (secondary N) is 1. The maximum Gasteiger partial charge on any atom is 0.264 e. The highest BCUT2D eigenvalue weighted by molar-refractivity contribution is 7.92. The number of sulfonamides is 1. The fourth-order valence-electron chi connectivity index (χ4n) is 4.74. The number of aryl methyl sites for hydroxylation is 1. The van der Waals surface area contributed by atoms with E-state index in [1.165, 1.54) is 4.90 Å². The molecule has 0 aliphatic carbocycles. The Bertz CT molecular complexity index is 1740. The van der Waals surface area contributed by atoms with Crippen molar-refractivity contribution in [2.75, 3.05) is 10.8 Å². The highest BCUT2D eigenvalue weighted by Crippen LogP contribution is 2.27. The van der Waals surface area contributed by atoms with Crippen molar-refractivity contribution < 1.29 is 22.4 Å². The van der Waals surface area contributed by atoms with Crippen molar-refractivity contribution in [3.8, 4) is 0 Å². The van der Waals surface area contributed by atoms with Crippen LogP contribution in [0.15, 0.2) is 102 Å². The van der Waals surface area contributed by atoms with E-state index in [2.05, 4.69) is 5.32 Å². The van der Waals surface area contributed by atoms with E-state index in [9.17, 15) is 22.4 Å². The molecule has 0 bridgehead atoms. The van der Waals surface area contributed by atoms with Crippen molar-refractivity contribution in [2.45, 2.75) is 50.7 Å². The molecule has 0 fully saturated rings. The molecule has 1 N–H and O–H groups in total. The summed E-state index contributed by atoms with van der Waals surface area (Å²) in [5.41, 5.74) is 2.44. The lowest BCUT2D eigenvalue weighted by Crippen LogP contribution is -2.54. The molecule has 0 aliphatic rings. The third kappa shape index (κ3) is 8.84. The minimum Gasteiger partial charge on any atom is -0.352 e. The lowest BCUT2D eigenvalue weighted by Gasteiger charge is -2.34. The largest absolute Gasteiger partial charge is 0.352 e. The predicted molar refractivity (Wildman–Crippen MR) is 176 cm³/mol. The highest BCUT2D eigenvalue weighted by Gasteiger charge is 2.35. The first-order chi connectivity index (χ1) is 21.3. The highest BCUT2D eigenvalue weighted by atomic mass is 35.5. The molecule has 0 saturated carbocycles. The van der Waals surface area contributed by atoms with Gasteiger partial charge in [0.25, 0.3) is 10.0 Å². The Labute approximate surface area is 273 Å². The summed E-state index contributed by atoms with van der Waals surface area (Å²) < 4.78 is 42.7. The lowest BCUT2D eigenvalue weighted by molar-refractivity contribution is -0.140. The number of benzene rings is 4. The van der Waals surface area contributed by atoms with Crippen molar-refractivity contribution in [1.82, 2.24) is 10.2 Å². The zero-order chi connectivity index (χ0) is 32.7. The molecule has 0 aromatic heterocycles. The predicted octanol–water partition coefficient (Wildman–Crippen LogP) is 6.80. The first-order valence-corrected chi connectivity index (χ1v) is 16.5. The molecule has 11 heteroatoms. The molecule has 1 atom stereocenters. The Hall–Kier alpha value is -3.92. The van der Waals surface area contributed by atoms with E-state index in [1.807, 2.05) is 51.1 Å². The molecule has 0 aliphatic heterocycles. The summed E-state index contributed by atoms with van der Waals surface area (Å²) in [6.07, 6.45) is 0.158. The van der Waals surface area contributed by atoms with Gasteiger partial charge < -0.3 is 10.2 Å². The Balaban J connectivity index is 1.82. The molecule has 0 radical (unpaired) electrons. The van der Waals surface area contributed by atoms with Crippen LogP contribution in [0.25, 0.3) is 0 Å². The van der Waals surface area contributed by atoms with Crippen LogP contribution in [0.1, 0.15) is 30.5 Å². The number of carbonyl (C=O) groups is 2. The quantitative estimate of drug-likeness (QED) is 0.180. The third-order valence-electron chi connectivity index (χ3n) is 7.06. The van der Waals surface area contributed by atoms with Gasteiger partial charge in [0, 0.05) is 29.1 Å². The van der Waals surface area contributed by atoms with Gasteiger partial charge in [-0.3, -0.25) is 13.9 Å². The summed E-state index contributed by atoms with van der Waals surface area (Å²) in [6, 6.07) is 23.8. The van der Waals surface area contributed by atoms with Gasteiger partial charge in [0.2, 0.25) is 11.8 Å². The summed E-state index contributed by atoms with van der Waals surface area (Å²) in [6.45, 7) is 4.74. The zero-order valence-electron chi connectivity index (χ0n) is 25.1. The van der Waals surface area contributed by atoms with E-state index >= 15 is 0 Å². The fraction of sp³-hybridized carbons (Fsp3) is 0.235. The van der Waals surface area contributed by atoms with Gasteiger partial charge in [-0.05, 0) is 80.4 Å². The second-order valence-electron chi connectivity index (χ2n) is 10.9. The van der Waals surface area contributed by atoms with Crippen LogP contribution in [-0.2, 0) is 32.6 Å². The summed E-state index contributed by atoms with van der Waals surface area (Å²) in [5.74, 6) is -1.65. The van der Waals surface area contributed by atoms with Crippen LogP contribution < -0.4 is 9.62 Å². The van der Waals surface area contributed by atoms with Gasteiger partial charge in [-0.25, -0.2) is 12.8 Å². The minimum atomic E-state index is -4.35. The van der Waals surface area contributed by atoms with Crippen LogP contribution in [0, 0.1) is 12.7 Å². The van der Waals surface area contributed by atoms with E-state index < -0.39 is 40.2 Å². The number of nitrogens with zero attached hydrogens (tertiary/aromatic N) is 2. The second-order valence-corrected chi connectivity index (χ2v) is 13.6. The van der Waals surface area contributed by atoms with Gasteiger partial charge in [-0.2, -0.15) is 0 Å². The normalized spacial score (nSPS) is 12.1. The molecule has 2 amide bonds. The number of carbonyl (C=O) groups excluding carboxylic acids is 2. The van der Waals surface area contributed by atoms with E-state index in [0.717, 1.165) is 39.7 Å². The average molecular weight is 671 g/mol. The summed E-state index contributed by atoms with van der Waals surface area (Å²) in [5, 5.41) is 3.59. The van der Waals surface area contributed by atoms with Crippen LogP contribution in [0.4, 0.5) is 10.1 Å². The maximum atomic E-state index is 14.4. The Morgan fingerprint density at radius 1 is 0.889 bits per heavy atom. The SMILES string of the molecule is Cc1ccc(N(CC(=O)N(Cc2ccc(Cl)cc2Cl)[C@H](Cc2ccccc2)C(=O)NC(C)C)S(=O)(=O)c2ccc(F)cc2)cc1. The molecule has 0 saturated heterocycles. The van der Waals surface area contributed by atoms with E-state index in [-0.39, 0.29) is 34.6 Å². The molecular weight excluding hydrogens is 636 g/mol. The summed E-state index contributed by atoms with van der Waals surface area (Å²) >= 11 is 12.7. The number of hydrogen-bond acceptors (Lipinski definition) is 4. The first-order valence-electron chi connectivity index (χ1n) is 14.3. The summed E-state index contributed by atoms with van der Waals surface area (Å²) in [7, 11) is -4.35. The Morgan fingerprint density at radius 2 is 1.53 bits per heavy atom. The number of halogens is 3. The smallest absolute Gasteiger partial charge is 0.264 e. The van der Waals surface area contributed by atoms with E-state index in [0.29, 0.717) is 10.6 Å². The van der Waals surface area contributed by atoms with Gasteiger partial charge in [0.05, 0.1) is 10.6 Å². The van der Waals surface area contributed by atoms with Crippen LogP contribution >= 0.6 is 23.2 Å². The molecule has 0 spiro atoms. The minimum absolute atomic E-state index is 0.101. The van der Waals surface area contributed by atoms with Gasteiger partial charge in [0.1, 0.15) is 18.4 Å². The Morgan fingerprint density at radius 3 is 2.13 bits per heavy atom. The van der Waals surface area contributed by atoms with E-state index in [1.54, 1.807) is 42.5 Å². The molecule has 4 aromatic rings. The van der Waals surface area contributed by atoms with E-state index in [4.69, 9.17) is 23.2 Å². The summed E-state index contributed by atoms with van der Waals surface area (Å²) in [4.78, 5) is 29.3. The zero-order valence-corrected chi connectivity index (χ0v) is 27.4. The van der Waals surface area contributed by atoms with Gasteiger partial charge >= 0.3 is 0 Å². The van der Waals surface area contributed by atoms with Crippen molar-refractivity contribution in [1.29, 1.82) is 0 Å². The monoisotopic (exact) mass is 669 g/mol. The van der Waals surface area contributed by atoms with Gasteiger partial charge in [-0.1, -0.05) is 77.3 Å². The molecule has 0 heterocycles. The van der Waals surface area contributed by atoms with Gasteiger partial charge in [0.15, 0.2) is 0 Å². The molecular formula is C34H34Cl2FN3O4S. The van der Waals surface area contributed by atoms with Crippen molar-refractivity contribution in [2.24, 2.45) is 0 Å². The topological polar surface area (TPSA) is 86.8 Å². The van der Waals surface area contributed by atoms with Crippen molar-refractivity contribution in [3.63, 3.8) is 0 Å². The number of amides is 2. The Kier molecular flexibility index (Phi) is 11.3. The molecule has 4 aromatic carbocycles. The molecule has 7 nitrogen and oxygen atoms in total. The van der Waals surface area contributed by atoms with Crippen molar-refractivity contribution in [3.05, 3.63) is 130 Å². The van der Waals surface area contributed by atoms with Crippen LogP contribution in [0.3, 0.4) is 0 Å². The fourth-order valence-corrected chi connectivity index (χ4v) is 6.62. The van der Waals surface area contributed by atoms with Crippen LogP contribution in [0.5, 0.6) is 0 Å². The second kappa shape index (κ2) is 14.9. The van der Waals surface area contributed by atoms with Gasteiger partial charge in [-0.15, -0.1) is 0 Å². The first kappa shape index (κ1) is 34.0. The number of anilines is 1. The van der Waals surface area contributed by atoms with Crippen LogP contribution in [-0.4, -0.2) is 43.8 Å². The standard InChI is InChI=1S/C34H34Cl2FN3O4S/c1-23(2)38-34(42)32(19-25-7-5-4-6-8-25)39(21-26-11-12-27(35)20-31(26)36)33(41)22-40(29-15-9-24(3)10-16-29)45(43,44)30-17-13-28(37)14-18-30/h4-18,20,23,32H,19,21-22H2,1-3H3,(H,38,42)/t32-/m1/s1. The molecule has 4 rings (SSSR count). The number of hydrogen-bond donors (Lipinski definition) is 1. The number of rotatable bonds is 12. The third-order valence-corrected chi connectivity index (χ3v) is 9.44. The van der Waals surface area contributed by atoms with Crippen molar-refractivity contribution >= 4 is 50.7 Å².